The van der Waals surface area contributed by atoms with Crippen molar-refractivity contribution in [2.24, 2.45) is 0 Å². The average Bonchev–Trinajstić information content (AvgIpc) is 2.42. The molecular formula is C16H22N2O3. The van der Waals surface area contributed by atoms with E-state index in [4.69, 9.17) is 0 Å². The third-order valence-electron chi connectivity index (χ3n) is 4.02. The monoisotopic (exact) mass is 290 g/mol. The maximum atomic E-state index is 12.4. The minimum atomic E-state index is -0.698. The first kappa shape index (κ1) is 15.4. The summed E-state index contributed by atoms with van der Waals surface area (Å²) in [5, 5.41) is 12.2. The molecule has 0 aliphatic carbocycles. The van der Waals surface area contributed by atoms with Crippen LogP contribution in [0.2, 0.25) is 0 Å². The van der Waals surface area contributed by atoms with Crippen molar-refractivity contribution in [1.29, 1.82) is 0 Å². The van der Waals surface area contributed by atoms with E-state index in [0.717, 1.165) is 24.8 Å². The number of piperidine rings is 1. The van der Waals surface area contributed by atoms with E-state index in [1.807, 2.05) is 20.8 Å². The van der Waals surface area contributed by atoms with Crippen LogP contribution >= 0.6 is 0 Å². The van der Waals surface area contributed by atoms with Crippen LogP contribution in [0.1, 0.15) is 38.7 Å². The molecule has 0 bridgehead atoms. The van der Waals surface area contributed by atoms with Gasteiger partial charge in [-0.3, -0.25) is 9.59 Å². The van der Waals surface area contributed by atoms with Gasteiger partial charge in [-0.2, -0.15) is 0 Å². The van der Waals surface area contributed by atoms with Gasteiger partial charge in [0, 0.05) is 12.1 Å². The van der Waals surface area contributed by atoms with Crippen molar-refractivity contribution >= 4 is 17.5 Å². The van der Waals surface area contributed by atoms with Gasteiger partial charge in [-0.05, 0) is 57.7 Å². The molecule has 114 valence electrons. The second-order valence-corrected chi connectivity index (χ2v) is 5.82. The smallest absolute Gasteiger partial charge is 0.314 e. The molecule has 0 saturated carbocycles. The number of rotatable bonds is 1. The summed E-state index contributed by atoms with van der Waals surface area (Å²) in [6, 6.07) is 5.02. The Morgan fingerprint density at radius 1 is 1.24 bits per heavy atom. The number of amides is 2. The van der Waals surface area contributed by atoms with E-state index >= 15 is 0 Å². The summed E-state index contributed by atoms with van der Waals surface area (Å²) in [4.78, 5) is 26.1. The molecule has 1 saturated heterocycles. The molecule has 1 aliphatic rings. The Hall–Kier alpha value is -2.04. The topological polar surface area (TPSA) is 69.6 Å². The first-order valence-corrected chi connectivity index (χ1v) is 7.33. The highest BCUT2D eigenvalue weighted by atomic mass is 16.3. The van der Waals surface area contributed by atoms with E-state index in [-0.39, 0.29) is 23.5 Å². The largest absolute Gasteiger partial charge is 0.506 e. The molecule has 1 heterocycles. The van der Waals surface area contributed by atoms with Crippen LogP contribution in [0.15, 0.2) is 18.2 Å². The Balaban J connectivity index is 2.12. The Bertz CT molecular complexity index is 546. The molecule has 1 aromatic rings. The van der Waals surface area contributed by atoms with E-state index in [2.05, 4.69) is 5.32 Å². The van der Waals surface area contributed by atoms with Crippen LogP contribution in [-0.2, 0) is 9.59 Å². The number of nitrogens with one attached hydrogen (secondary N) is 1. The molecule has 5 nitrogen and oxygen atoms in total. The summed E-state index contributed by atoms with van der Waals surface area (Å²) in [7, 11) is 0. The van der Waals surface area contributed by atoms with Crippen LogP contribution in [0, 0.1) is 6.92 Å². The number of likely N-dealkylation sites (tertiary alicyclic amines) is 1. The van der Waals surface area contributed by atoms with Crippen molar-refractivity contribution in [1.82, 2.24) is 4.90 Å². The molecule has 0 spiro atoms. The van der Waals surface area contributed by atoms with E-state index < -0.39 is 11.8 Å². The lowest BCUT2D eigenvalue weighted by molar-refractivity contribution is -0.147. The standard InChI is InChI=1S/C16H22N2O3/c1-10-7-8-14(19)13(9-10)17-15(20)16(21)18-11(2)5-4-6-12(18)3/h7-9,11-12,19H,4-6H2,1-3H3,(H,17,20). The molecule has 21 heavy (non-hydrogen) atoms. The van der Waals surface area contributed by atoms with Crippen molar-refractivity contribution in [3.05, 3.63) is 23.8 Å². The Morgan fingerprint density at radius 3 is 2.48 bits per heavy atom. The fourth-order valence-corrected chi connectivity index (χ4v) is 2.86. The number of hydrogen-bond acceptors (Lipinski definition) is 3. The summed E-state index contributed by atoms with van der Waals surface area (Å²) >= 11 is 0. The van der Waals surface area contributed by atoms with Gasteiger partial charge in [0.05, 0.1) is 5.69 Å². The molecule has 0 aromatic heterocycles. The summed E-state index contributed by atoms with van der Waals surface area (Å²) < 4.78 is 0. The molecule has 2 unspecified atom stereocenters. The zero-order chi connectivity index (χ0) is 15.6. The van der Waals surface area contributed by atoms with Crippen LogP contribution in [0.5, 0.6) is 5.75 Å². The van der Waals surface area contributed by atoms with Gasteiger partial charge in [0.25, 0.3) is 0 Å². The van der Waals surface area contributed by atoms with Crippen molar-refractivity contribution in [2.45, 2.75) is 52.1 Å². The van der Waals surface area contributed by atoms with Gasteiger partial charge in [0.1, 0.15) is 5.75 Å². The van der Waals surface area contributed by atoms with Crippen LogP contribution < -0.4 is 5.32 Å². The molecule has 2 amide bonds. The highest BCUT2D eigenvalue weighted by Crippen LogP contribution is 2.25. The van der Waals surface area contributed by atoms with Crippen LogP contribution in [0.25, 0.3) is 0 Å². The number of aromatic hydroxyl groups is 1. The maximum absolute atomic E-state index is 12.4. The van der Waals surface area contributed by atoms with Gasteiger partial charge in [0.2, 0.25) is 0 Å². The van der Waals surface area contributed by atoms with E-state index in [0.29, 0.717) is 0 Å². The summed E-state index contributed by atoms with van der Waals surface area (Å²) in [6.07, 6.45) is 2.91. The quantitative estimate of drug-likeness (QED) is 0.616. The third kappa shape index (κ3) is 3.35. The van der Waals surface area contributed by atoms with Gasteiger partial charge in [-0.1, -0.05) is 6.07 Å². The molecule has 2 atom stereocenters. The number of carbonyl (C=O) groups excluding carboxylic acids is 2. The minimum absolute atomic E-state index is 0.0403. The van der Waals surface area contributed by atoms with E-state index in [1.165, 1.54) is 6.07 Å². The van der Waals surface area contributed by atoms with Crippen molar-refractivity contribution in [3.8, 4) is 5.75 Å². The molecular weight excluding hydrogens is 268 g/mol. The van der Waals surface area contributed by atoms with Crippen LogP contribution in [0.3, 0.4) is 0 Å². The van der Waals surface area contributed by atoms with E-state index in [1.54, 1.807) is 17.0 Å². The van der Waals surface area contributed by atoms with Gasteiger partial charge in [-0.15, -0.1) is 0 Å². The lowest BCUT2D eigenvalue weighted by atomic mass is 9.97. The molecule has 0 radical (unpaired) electrons. The first-order valence-electron chi connectivity index (χ1n) is 7.33. The number of carbonyl (C=O) groups is 2. The molecule has 2 rings (SSSR count). The summed E-state index contributed by atoms with van der Waals surface area (Å²) in [5.74, 6) is -1.27. The summed E-state index contributed by atoms with van der Waals surface area (Å²) in [5.41, 5.74) is 1.17. The van der Waals surface area contributed by atoms with Gasteiger partial charge in [0.15, 0.2) is 0 Å². The fraction of sp³-hybridized carbons (Fsp3) is 0.500. The maximum Gasteiger partial charge on any atom is 0.314 e. The van der Waals surface area contributed by atoms with Crippen LogP contribution in [0.4, 0.5) is 5.69 Å². The second-order valence-electron chi connectivity index (χ2n) is 5.82. The van der Waals surface area contributed by atoms with Crippen molar-refractivity contribution in [3.63, 3.8) is 0 Å². The molecule has 1 fully saturated rings. The number of phenols is 1. The number of hydrogen-bond donors (Lipinski definition) is 2. The van der Waals surface area contributed by atoms with Gasteiger partial charge in [-0.25, -0.2) is 0 Å². The SMILES string of the molecule is Cc1ccc(O)c(NC(=O)C(=O)N2C(C)CCCC2C)c1. The first-order chi connectivity index (χ1) is 9.90. The summed E-state index contributed by atoms with van der Waals surface area (Å²) in [6.45, 7) is 5.78. The lowest BCUT2D eigenvalue weighted by Gasteiger charge is -2.38. The molecule has 2 N–H and O–H groups in total. The van der Waals surface area contributed by atoms with Crippen LogP contribution in [-0.4, -0.2) is 33.9 Å². The average molecular weight is 290 g/mol. The van der Waals surface area contributed by atoms with E-state index in [9.17, 15) is 14.7 Å². The third-order valence-corrected chi connectivity index (χ3v) is 4.02. The van der Waals surface area contributed by atoms with Crippen molar-refractivity contribution < 1.29 is 14.7 Å². The fourth-order valence-electron chi connectivity index (χ4n) is 2.86. The second kappa shape index (κ2) is 6.16. The van der Waals surface area contributed by atoms with Crippen molar-refractivity contribution in [2.75, 3.05) is 5.32 Å². The van der Waals surface area contributed by atoms with Gasteiger partial charge < -0.3 is 15.3 Å². The number of benzene rings is 1. The molecule has 1 aromatic carbocycles. The van der Waals surface area contributed by atoms with Gasteiger partial charge >= 0.3 is 11.8 Å². The normalized spacial score (nSPS) is 22.0. The number of phenolic OH excluding ortho intramolecular Hbond substituents is 1. The number of nitrogens with zero attached hydrogens (tertiary/aromatic N) is 1. The highest BCUT2D eigenvalue weighted by molar-refractivity contribution is 6.39. The lowest BCUT2D eigenvalue weighted by Crippen LogP contribution is -2.51. The minimum Gasteiger partial charge on any atom is -0.506 e. The predicted molar refractivity (Wildman–Crippen MR) is 81.1 cm³/mol. The zero-order valence-electron chi connectivity index (χ0n) is 12.7. The predicted octanol–water partition coefficient (Wildman–Crippen LogP) is 2.43. The Labute approximate surface area is 125 Å². The number of aryl methyl sites for hydroxylation is 1. The molecule has 1 aliphatic heterocycles. The Kier molecular flexibility index (Phi) is 4.50. The highest BCUT2D eigenvalue weighted by Gasteiger charge is 2.32. The molecule has 5 heteroatoms. The number of anilines is 1. The Morgan fingerprint density at radius 2 is 1.86 bits per heavy atom. The zero-order valence-corrected chi connectivity index (χ0v) is 12.7.